The Balaban J connectivity index is 1.91. The van der Waals surface area contributed by atoms with Crippen molar-refractivity contribution in [2.75, 3.05) is 6.61 Å². The number of hydrogen-bond acceptors (Lipinski definition) is 4. The second-order valence-corrected chi connectivity index (χ2v) is 4.36. The molecule has 2 rings (SSSR count). The number of esters is 1. The van der Waals surface area contributed by atoms with Crippen LogP contribution in [0.5, 0.6) is 0 Å². The van der Waals surface area contributed by atoms with E-state index in [1.165, 1.54) is 0 Å². The normalized spacial score (nSPS) is 37.7. The zero-order valence-electron chi connectivity index (χ0n) is 8.85. The summed E-state index contributed by atoms with van der Waals surface area (Å²) in [4.78, 5) is 21.8. The molecule has 4 unspecified atom stereocenters. The van der Waals surface area contributed by atoms with E-state index < -0.39 is 0 Å². The minimum absolute atomic E-state index is 0.0400. The highest BCUT2D eigenvalue weighted by Crippen LogP contribution is 2.49. The molecule has 0 N–H and O–H groups in total. The number of carbonyl (C=O) groups is 2. The highest BCUT2D eigenvalue weighted by molar-refractivity contribution is 5.73. The van der Waals surface area contributed by atoms with Gasteiger partial charge in [-0.25, -0.2) is 0 Å². The molecule has 0 aliphatic heterocycles. The molecule has 0 saturated heterocycles. The van der Waals surface area contributed by atoms with Gasteiger partial charge in [0.2, 0.25) is 0 Å². The molecule has 0 aromatic carbocycles. The third kappa shape index (κ3) is 1.85. The van der Waals surface area contributed by atoms with Crippen LogP contribution in [0.1, 0.15) is 26.2 Å². The van der Waals surface area contributed by atoms with Crippen LogP contribution in [0.25, 0.3) is 0 Å². The molecule has 2 aliphatic carbocycles. The van der Waals surface area contributed by atoms with Gasteiger partial charge in [0.15, 0.2) is 0 Å². The Morgan fingerprint density at radius 3 is 2.67 bits per heavy atom. The standard InChI is InChI=1S/C11H16O4/c1-2-14-11(13)9-4-8-3-7(9)5-10(8)15-6-12/h6-10H,2-5H2,1H3. The van der Waals surface area contributed by atoms with Crippen molar-refractivity contribution >= 4 is 12.4 Å². The molecule has 4 nitrogen and oxygen atoms in total. The van der Waals surface area contributed by atoms with Crippen molar-refractivity contribution < 1.29 is 19.1 Å². The predicted molar refractivity (Wildman–Crippen MR) is 51.9 cm³/mol. The van der Waals surface area contributed by atoms with Crippen LogP contribution in [0.2, 0.25) is 0 Å². The van der Waals surface area contributed by atoms with E-state index in [4.69, 9.17) is 9.47 Å². The summed E-state index contributed by atoms with van der Waals surface area (Å²) in [5, 5.41) is 0. The van der Waals surface area contributed by atoms with Crippen LogP contribution in [0, 0.1) is 17.8 Å². The molecular formula is C11H16O4. The Bertz CT molecular complexity index is 263. The largest absolute Gasteiger partial charge is 0.466 e. The van der Waals surface area contributed by atoms with Crippen molar-refractivity contribution in [3.8, 4) is 0 Å². The van der Waals surface area contributed by atoms with Crippen molar-refractivity contribution in [3.63, 3.8) is 0 Å². The molecule has 84 valence electrons. The fourth-order valence-corrected chi connectivity index (χ4v) is 3.00. The van der Waals surface area contributed by atoms with Crippen molar-refractivity contribution in [1.82, 2.24) is 0 Å². The minimum atomic E-state index is -0.0745. The molecule has 0 radical (unpaired) electrons. The molecule has 0 heterocycles. The van der Waals surface area contributed by atoms with Gasteiger partial charge in [-0.1, -0.05) is 0 Å². The van der Waals surface area contributed by atoms with Gasteiger partial charge < -0.3 is 9.47 Å². The van der Waals surface area contributed by atoms with E-state index in [1.807, 2.05) is 6.92 Å². The summed E-state index contributed by atoms with van der Waals surface area (Å²) < 4.78 is 10.0. The van der Waals surface area contributed by atoms with Crippen LogP contribution < -0.4 is 0 Å². The highest BCUT2D eigenvalue weighted by Gasteiger charge is 2.50. The fraction of sp³-hybridized carbons (Fsp3) is 0.818. The van der Waals surface area contributed by atoms with Gasteiger partial charge in [-0.05, 0) is 38.0 Å². The Morgan fingerprint density at radius 2 is 2.13 bits per heavy atom. The fourth-order valence-electron chi connectivity index (χ4n) is 3.00. The summed E-state index contributed by atoms with van der Waals surface area (Å²) in [7, 11) is 0. The van der Waals surface area contributed by atoms with E-state index in [9.17, 15) is 9.59 Å². The first kappa shape index (κ1) is 10.5. The molecule has 2 fully saturated rings. The molecule has 2 aliphatic rings. The topological polar surface area (TPSA) is 52.6 Å². The predicted octanol–water partition coefficient (Wildman–Crippen LogP) is 1.14. The monoisotopic (exact) mass is 212 g/mol. The molecule has 2 saturated carbocycles. The molecule has 15 heavy (non-hydrogen) atoms. The zero-order chi connectivity index (χ0) is 10.8. The number of fused-ring (bicyclic) bond motifs is 2. The summed E-state index contributed by atoms with van der Waals surface area (Å²) in [6, 6.07) is 0. The summed E-state index contributed by atoms with van der Waals surface area (Å²) in [5.74, 6) is 0.699. The summed E-state index contributed by atoms with van der Waals surface area (Å²) in [6.07, 6.45) is 2.69. The maximum Gasteiger partial charge on any atom is 0.309 e. The van der Waals surface area contributed by atoms with E-state index in [1.54, 1.807) is 0 Å². The van der Waals surface area contributed by atoms with Crippen LogP contribution in [0.15, 0.2) is 0 Å². The van der Waals surface area contributed by atoms with E-state index in [2.05, 4.69) is 0 Å². The van der Waals surface area contributed by atoms with Gasteiger partial charge in [0.1, 0.15) is 6.10 Å². The van der Waals surface area contributed by atoms with Gasteiger partial charge >= 0.3 is 5.97 Å². The third-order valence-corrected chi connectivity index (χ3v) is 3.61. The Hall–Kier alpha value is -1.06. The van der Waals surface area contributed by atoms with Crippen molar-refractivity contribution in [1.29, 1.82) is 0 Å². The lowest BCUT2D eigenvalue weighted by Crippen LogP contribution is -2.29. The van der Waals surface area contributed by atoms with Gasteiger partial charge in [-0.2, -0.15) is 0 Å². The SMILES string of the molecule is CCOC(=O)C1CC2CC1CC2OC=O. The number of carbonyl (C=O) groups excluding carboxylic acids is 2. The molecule has 2 bridgehead atoms. The molecule has 0 amide bonds. The number of hydrogen-bond donors (Lipinski definition) is 0. The Morgan fingerprint density at radius 1 is 1.33 bits per heavy atom. The van der Waals surface area contributed by atoms with Crippen LogP contribution in [-0.2, 0) is 19.1 Å². The second kappa shape index (κ2) is 4.21. The average molecular weight is 212 g/mol. The molecule has 4 atom stereocenters. The van der Waals surface area contributed by atoms with Crippen LogP contribution in [0.4, 0.5) is 0 Å². The first-order chi connectivity index (χ1) is 7.26. The van der Waals surface area contributed by atoms with E-state index >= 15 is 0 Å². The van der Waals surface area contributed by atoms with Gasteiger partial charge in [0.05, 0.1) is 12.5 Å². The van der Waals surface area contributed by atoms with Gasteiger partial charge in [-0.3, -0.25) is 9.59 Å². The first-order valence-corrected chi connectivity index (χ1v) is 5.52. The third-order valence-electron chi connectivity index (χ3n) is 3.61. The molecular weight excluding hydrogens is 196 g/mol. The molecule has 0 aromatic heterocycles. The molecule has 4 heteroatoms. The quantitative estimate of drug-likeness (QED) is 0.518. The van der Waals surface area contributed by atoms with Crippen LogP contribution in [-0.4, -0.2) is 25.2 Å². The minimum Gasteiger partial charge on any atom is -0.466 e. The maximum atomic E-state index is 11.6. The highest BCUT2D eigenvalue weighted by atomic mass is 16.5. The van der Waals surface area contributed by atoms with Crippen molar-refractivity contribution in [3.05, 3.63) is 0 Å². The summed E-state index contributed by atoms with van der Waals surface area (Å²) in [6.45, 7) is 2.79. The van der Waals surface area contributed by atoms with Crippen molar-refractivity contribution in [2.24, 2.45) is 17.8 Å². The lowest BCUT2D eigenvalue weighted by molar-refractivity contribution is -0.151. The first-order valence-electron chi connectivity index (χ1n) is 5.52. The Kier molecular flexibility index (Phi) is 2.93. The van der Waals surface area contributed by atoms with E-state index in [-0.39, 0.29) is 18.0 Å². The number of rotatable bonds is 4. The van der Waals surface area contributed by atoms with Crippen molar-refractivity contribution in [2.45, 2.75) is 32.3 Å². The number of ether oxygens (including phenoxy) is 2. The smallest absolute Gasteiger partial charge is 0.309 e. The zero-order valence-corrected chi connectivity index (χ0v) is 8.85. The van der Waals surface area contributed by atoms with Gasteiger partial charge in [0.25, 0.3) is 6.47 Å². The molecule has 0 spiro atoms. The lowest BCUT2D eigenvalue weighted by atomic mass is 9.87. The van der Waals surface area contributed by atoms with E-state index in [0.717, 1.165) is 19.3 Å². The van der Waals surface area contributed by atoms with E-state index in [0.29, 0.717) is 24.9 Å². The van der Waals surface area contributed by atoms with Crippen LogP contribution in [0.3, 0.4) is 0 Å². The molecule has 0 aromatic rings. The average Bonchev–Trinajstić information content (AvgIpc) is 2.77. The maximum absolute atomic E-state index is 11.6. The Labute approximate surface area is 88.9 Å². The summed E-state index contributed by atoms with van der Waals surface area (Å²) >= 11 is 0. The second-order valence-electron chi connectivity index (χ2n) is 4.36. The van der Waals surface area contributed by atoms with Crippen LogP contribution >= 0.6 is 0 Å². The lowest BCUT2D eigenvalue weighted by Gasteiger charge is -2.25. The summed E-state index contributed by atoms with van der Waals surface area (Å²) in [5.41, 5.74) is 0. The van der Waals surface area contributed by atoms with Gasteiger partial charge in [-0.15, -0.1) is 0 Å². The van der Waals surface area contributed by atoms with Gasteiger partial charge in [0, 0.05) is 0 Å².